The summed E-state index contributed by atoms with van der Waals surface area (Å²) in [5.41, 5.74) is 2.90. The number of fused-ring (bicyclic) bond motifs is 1. The molecule has 0 unspecified atom stereocenters. The van der Waals surface area contributed by atoms with E-state index in [4.69, 9.17) is 0 Å². The van der Waals surface area contributed by atoms with Gasteiger partial charge in [-0.25, -0.2) is 13.8 Å². The number of aryl methyl sites for hydroxylation is 1. The van der Waals surface area contributed by atoms with Crippen molar-refractivity contribution in [3.8, 4) is 5.69 Å². The summed E-state index contributed by atoms with van der Waals surface area (Å²) in [6.45, 7) is 6.11. The van der Waals surface area contributed by atoms with Gasteiger partial charge in [-0.05, 0) is 42.8 Å². The van der Waals surface area contributed by atoms with Gasteiger partial charge in [0.15, 0.2) is 16.6 Å². The van der Waals surface area contributed by atoms with Gasteiger partial charge in [0.05, 0.1) is 5.52 Å². The second kappa shape index (κ2) is 9.35. The van der Waals surface area contributed by atoms with E-state index in [9.17, 15) is 18.4 Å². The van der Waals surface area contributed by atoms with E-state index in [1.807, 2.05) is 40.4 Å². The van der Waals surface area contributed by atoms with E-state index < -0.39 is 11.6 Å². The summed E-state index contributed by atoms with van der Waals surface area (Å²) in [7, 11) is 0. The van der Waals surface area contributed by atoms with E-state index in [2.05, 4.69) is 9.88 Å². The molecular formula is C27H25F2N5O2S. The van der Waals surface area contributed by atoms with Crippen molar-refractivity contribution >= 4 is 34.1 Å². The topological polar surface area (TPSA) is 61.7 Å². The molecule has 2 saturated heterocycles. The summed E-state index contributed by atoms with van der Waals surface area (Å²) < 4.78 is 29.0. The van der Waals surface area contributed by atoms with Crippen LogP contribution in [0.25, 0.3) is 16.6 Å². The smallest absolute Gasteiger partial charge is 0.282 e. The zero-order valence-corrected chi connectivity index (χ0v) is 21.0. The van der Waals surface area contributed by atoms with Crippen LogP contribution in [-0.2, 0) is 0 Å². The van der Waals surface area contributed by atoms with Gasteiger partial charge < -0.3 is 14.4 Å². The number of amides is 2. The lowest BCUT2D eigenvalue weighted by Gasteiger charge is -2.47. The molecule has 0 atom stereocenters. The first kappa shape index (κ1) is 23.7. The maximum Gasteiger partial charge on any atom is 0.282 e. The molecule has 0 aliphatic carbocycles. The molecule has 0 bridgehead atoms. The van der Waals surface area contributed by atoms with Crippen molar-refractivity contribution in [2.45, 2.75) is 13.0 Å². The highest BCUT2D eigenvalue weighted by Crippen LogP contribution is 2.27. The van der Waals surface area contributed by atoms with E-state index in [1.54, 1.807) is 16.8 Å². The van der Waals surface area contributed by atoms with Gasteiger partial charge in [-0.2, -0.15) is 0 Å². The second-order valence-electron chi connectivity index (χ2n) is 9.54. The first-order valence-electron chi connectivity index (χ1n) is 12.2. The van der Waals surface area contributed by atoms with Gasteiger partial charge in [0.25, 0.3) is 11.8 Å². The van der Waals surface area contributed by atoms with Crippen molar-refractivity contribution in [2.24, 2.45) is 0 Å². The number of halogens is 2. The molecule has 2 fully saturated rings. The molecule has 2 aliphatic heterocycles. The predicted molar refractivity (Wildman–Crippen MR) is 137 cm³/mol. The minimum atomic E-state index is -0.899. The third-order valence-corrected chi connectivity index (χ3v) is 8.08. The van der Waals surface area contributed by atoms with Crippen molar-refractivity contribution in [1.29, 1.82) is 0 Å². The Bertz CT molecular complexity index is 1490. The third-order valence-electron chi connectivity index (χ3n) is 7.31. The van der Waals surface area contributed by atoms with Crippen molar-refractivity contribution in [1.82, 2.24) is 24.3 Å². The number of nitrogens with zero attached hydrogens (tertiary/aromatic N) is 5. The van der Waals surface area contributed by atoms with Crippen LogP contribution in [-0.4, -0.2) is 81.4 Å². The molecule has 0 radical (unpaired) electrons. The number of carbonyl (C=O) groups is 2. The highest BCUT2D eigenvalue weighted by atomic mass is 32.1. The van der Waals surface area contributed by atoms with Crippen LogP contribution in [0.5, 0.6) is 0 Å². The standard InChI is InChI=1S/C27H25F2N5O2S/c1-17-14-34(19-3-4-22(28)23(29)13-19)24-5-2-18(12-21(17)24)26(35)32-9-7-31(8-10-32)20-15-33(16-20)27(36)25-30-6-11-37-25/h2-6,11-14,20H,7-10,15-16H2,1H3. The number of aromatic nitrogens is 2. The normalized spacial score (nSPS) is 16.8. The maximum absolute atomic E-state index is 13.8. The number of hydrogen-bond acceptors (Lipinski definition) is 5. The number of carbonyl (C=O) groups excluding carboxylic acids is 2. The fourth-order valence-electron chi connectivity index (χ4n) is 5.17. The van der Waals surface area contributed by atoms with Crippen LogP contribution in [0.1, 0.15) is 25.7 Å². The number of hydrogen-bond donors (Lipinski definition) is 0. The van der Waals surface area contributed by atoms with Gasteiger partial charge in [0.2, 0.25) is 0 Å². The van der Waals surface area contributed by atoms with E-state index in [0.717, 1.165) is 35.6 Å². The van der Waals surface area contributed by atoms with Crippen LogP contribution in [0, 0.1) is 18.6 Å². The highest BCUT2D eigenvalue weighted by Gasteiger charge is 2.37. The summed E-state index contributed by atoms with van der Waals surface area (Å²) in [6, 6.07) is 9.66. The molecule has 37 heavy (non-hydrogen) atoms. The fraction of sp³-hybridized carbons (Fsp3) is 0.296. The van der Waals surface area contributed by atoms with Crippen molar-refractivity contribution in [2.75, 3.05) is 39.3 Å². The van der Waals surface area contributed by atoms with Crippen LogP contribution >= 0.6 is 11.3 Å². The zero-order chi connectivity index (χ0) is 25.7. The fourth-order valence-corrected chi connectivity index (χ4v) is 5.77. The molecule has 0 N–H and O–H groups in total. The number of piperazine rings is 1. The van der Waals surface area contributed by atoms with Crippen molar-refractivity contribution < 1.29 is 18.4 Å². The molecule has 2 amide bonds. The maximum atomic E-state index is 13.8. The molecule has 4 heterocycles. The molecule has 6 rings (SSSR count). The molecule has 10 heteroatoms. The summed E-state index contributed by atoms with van der Waals surface area (Å²) in [6.07, 6.45) is 3.51. The van der Waals surface area contributed by atoms with Gasteiger partial charge in [-0.1, -0.05) is 0 Å². The number of benzene rings is 2. The van der Waals surface area contributed by atoms with Gasteiger partial charge in [0, 0.05) is 85.8 Å². The lowest BCUT2D eigenvalue weighted by molar-refractivity contribution is 0.00852. The highest BCUT2D eigenvalue weighted by molar-refractivity contribution is 7.11. The minimum Gasteiger partial charge on any atom is -0.336 e. The van der Waals surface area contributed by atoms with Gasteiger partial charge in [0.1, 0.15) is 0 Å². The van der Waals surface area contributed by atoms with E-state index in [1.165, 1.54) is 23.5 Å². The molecule has 0 saturated carbocycles. The third kappa shape index (κ3) is 4.30. The van der Waals surface area contributed by atoms with Gasteiger partial charge >= 0.3 is 0 Å². The molecule has 4 aromatic rings. The van der Waals surface area contributed by atoms with Gasteiger partial charge in [-0.3, -0.25) is 14.5 Å². The van der Waals surface area contributed by atoms with Crippen LogP contribution in [0.3, 0.4) is 0 Å². The second-order valence-corrected chi connectivity index (χ2v) is 10.4. The molecule has 2 aliphatic rings. The molecule has 190 valence electrons. The predicted octanol–water partition coefficient (Wildman–Crippen LogP) is 3.96. The SMILES string of the molecule is Cc1cn(-c2ccc(F)c(F)c2)c2ccc(C(=O)N3CCN(C4CN(C(=O)c5nccs5)C4)CC3)cc12. The summed E-state index contributed by atoms with van der Waals surface area (Å²) in [5.74, 6) is -1.81. The molecule has 7 nitrogen and oxygen atoms in total. The van der Waals surface area contributed by atoms with Crippen LogP contribution in [0.15, 0.2) is 54.2 Å². The Morgan fingerprint density at radius 1 is 0.946 bits per heavy atom. The Balaban J connectivity index is 1.10. The Hall–Kier alpha value is -3.63. The Labute approximate surface area is 216 Å². The summed E-state index contributed by atoms with van der Waals surface area (Å²) in [4.78, 5) is 35.9. The quantitative estimate of drug-likeness (QED) is 0.408. The minimum absolute atomic E-state index is 0.0101. The lowest BCUT2D eigenvalue weighted by atomic mass is 10.1. The molecule has 0 spiro atoms. The van der Waals surface area contributed by atoms with Crippen molar-refractivity contribution in [3.63, 3.8) is 0 Å². The largest absolute Gasteiger partial charge is 0.336 e. The molecule has 2 aromatic heterocycles. The number of likely N-dealkylation sites (tertiary alicyclic amines) is 1. The Morgan fingerprint density at radius 2 is 1.73 bits per heavy atom. The monoisotopic (exact) mass is 521 g/mol. The van der Waals surface area contributed by atoms with E-state index >= 15 is 0 Å². The first-order chi connectivity index (χ1) is 17.9. The van der Waals surface area contributed by atoms with Crippen LogP contribution in [0.2, 0.25) is 0 Å². The number of rotatable bonds is 4. The van der Waals surface area contributed by atoms with E-state index in [-0.39, 0.29) is 11.8 Å². The Morgan fingerprint density at radius 3 is 2.43 bits per heavy atom. The molecular weight excluding hydrogens is 496 g/mol. The lowest BCUT2D eigenvalue weighted by Crippen LogP contribution is -2.64. The van der Waals surface area contributed by atoms with Crippen LogP contribution in [0.4, 0.5) is 8.78 Å². The van der Waals surface area contributed by atoms with Crippen LogP contribution < -0.4 is 0 Å². The summed E-state index contributed by atoms with van der Waals surface area (Å²) >= 11 is 1.36. The van der Waals surface area contributed by atoms with E-state index in [0.29, 0.717) is 48.5 Å². The van der Waals surface area contributed by atoms with Crippen molar-refractivity contribution in [3.05, 3.63) is 81.9 Å². The molecule has 2 aromatic carbocycles. The average molecular weight is 522 g/mol. The van der Waals surface area contributed by atoms with Gasteiger partial charge in [-0.15, -0.1) is 11.3 Å². The summed E-state index contributed by atoms with van der Waals surface area (Å²) in [5, 5.41) is 3.23. The Kier molecular flexibility index (Phi) is 6.00. The average Bonchev–Trinajstić information content (AvgIpc) is 3.53. The number of thiazole rings is 1. The zero-order valence-electron chi connectivity index (χ0n) is 20.2. The first-order valence-corrected chi connectivity index (χ1v) is 13.1.